The van der Waals surface area contributed by atoms with E-state index < -0.39 is 0 Å². The lowest BCUT2D eigenvalue weighted by Gasteiger charge is -2.17. The highest BCUT2D eigenvalue weighted by Gasteiger charge is 2.10. The Bertz CT molecular complexity index is 826. The van der Waals surface area contributed by atoms with Gasteiger partial charge in [-0.15, -0.1) is 22.0 Å². The molecule has 7 nitrogen and oxygen atoms in total. The first-order valence-corrected chi connectivity index (χ1v) is 10.3. The summed E-state index contributed by atoms with van der Waals surface area (Å²) in [7, 11) is 3.95. The average Bonchev–Trinajstić information content (AvgIpc) is 3.21. The summed E-state index contributed by atoms with van der Waals surface area (Å²) in [5.41, 5.74) is 0.821. The van der Waals surface area contributed by atoms with Crippen LogP contribution in [-0.2, 0) is 5.75 Å². The monoisotopic (exact) mass is 399 g/mol. The van der Waals surface area contributed by atoms with Gasteiger partial charge in [0.05, 0.1) is 17.9 Å². The van der Waals surface area contributed by atoms with Crippen molar-refractivity contribution in [3.63, 3.8) is 0 Å². The Labute approximate surface area is 169 Å². The standard InChI is InChI=1S/C20H25N5O2S/c1-21-10-11-25(2)18-9-8-16(14-22-18)20-24-23-19(27-20)15-28-13-12-26-17-6-4-3-5-7-17/h3-9,14,21H,10-13,15H2,1-2H3. The number of ether oxygens (including phenoxy) is 1. The van der Waals surface area contributed by atoms with E-state index in [4.69, 9.17) is 9.15 Å². The van der Waals surface area contributed by atoms with E-state index in [9.17, 15) is 0 Å². The third-order valence-corrected chi connectivity index (χ3v) is 4.92. The summed E-state index contributed by atoms with van der Waals surface area (Å²) in [5.74, 6) is 4.40. The number of para-hydroxylation sites is 1. The number of thioether (sulfide) groups is 1. The molecule has 148 valence electrons. The number of benzene rings is 1. The van der Waals surface area contributed by atoms with Crippen LogP contribution in [0.3, 0.4) is 0 Å². The van der Waals surface area contributed by atoms with Crippen molar-refractivity contribution < 1.29 is 9.15 Å². The van der Waals surface area contributed by atoms with E-state index in [1.54, 1.807) is 18.0 Å². The molecule has 1 N–H and O–H groups in total. The van der Waals surface area contributed by atoms with Gasteiger partial charge in [0.1, 0.15) is 11.6 Å². The van der Waals surface area contributed by atoms with Gasteiger partial charge in [-0.05, 0) is 31.3 Å². The molecular formula is C20H25N5O2S. The van der Waals surface area contributed by atoms with Gasteiger partial charge in [0.25, 0.3) is 0 Å². The lowest BCUT2D eigenvalue weighted by molar-refractivity contribution is 0.344. The van der Waals surface area contributed by atoms with Crippen LogP contribution in [0, 0.1) is 0 Å². The predicted molar refractivity (Wildman–Crippen MR) is 113 cm³/mol. The number of hydrogen-bond donors (Lipinski definition) is 1. The van der Waals surface area contributed by atoms with E-state index in [1.165, 1.54) is 0 Å². The first kappa shape index (κ1) is 20.2. The molecule has 28 heavy (non-hydrogen) atoms. The van der Waals surface area contributed by atoms with Crippen LogP contribution in [-0.4, -0.2) is 54.7 Å². The van der Waals surface area contributed by atoms with E-state index in [1.807, 2.05) is 56.6 Å². The SMILES string of the molecule is CNCCN(C)c1ccc(-c2nnc(CSCCOc3ccccc3)o2)cn1. The number of rotatable bonds is 11. The number of nitrogens with one attached hydrogen (secondary N) is 1. The Hall–Kier alpha value is -2.58. The van der Waals surface area contributed by atoms with Gasteiger partial charge in [0.15, 0.2) is 0 Å². The van der Waals surface area contributed by atoms with Crippen molar-refractivity contribution in [1.82, 2.24) is 20.5 Å². The van der Waals surface area contributed by atoms with Gasteiger partial charge in [-0.2, -0.15) is 0 Å². The summed E-state index contributed by atoms with van der Waals surface area (Å²) in [4.78, 5) is 6.57. The summed E-state index contributed by atoms with van der Waals surface area (Å²) in [5, 5.41) is 11.4. The number of anilines is 1. The van der Waals surface area contributed by atoms with E-state index in [2.05, 4.69) is 25.4 Å². The molecule has 0 saturated carbocycles. The summed E-state index contributed by atoms with van der Waals surface area (Å²) in [6, 6.07) is 13.7. The Kier molecular flexibility index (Phi) is 7.69. The maximum atomic E-state index is 5.75. The van der Waals surface area contributed by atoms with Crippen molar-refractivity contribution in [1.29, 1.82) is 0 Å². The molecule has 0 spiro atoms. The molecule has 0 aliphatic rings. The molecule has 0 radical (unpaired) electrons. The van der Waals surface area contributed by atoms with Gasteiger partial charge in [-0.1, -0.05) is 18.2 Å². The minimum Gasteiger partial charge on any atom is -0.493 e. The second-order valence-electron chi connectivity index (χ2n) is 6.15. The van der Waals surface area contributed by atoms with Crippen molar-refractivity contribution in [2.75, 3.05) is 44.4 Å². The van der Waals surface area contributed by atoms with Gasteiger partial charge in [-0.3, -0.25) is 0 Å². The van der Waals surface area contributed by atoms with Crippen molar-refractivity contribution >= 4 is 17.6 Å². The Morgan fingerprint density at radius 1 is 1.14 bits per heavy atom. The smallest absolute Gasteiger partial charge is 0.249 e. The van der Waals surface area contributed by atoms with Gasteiger partial charge in [-0.25, -0.2) is 4.98 Å². The van der Waals surface area contributed by atoms with Crippen molar-refractivity contribution in [2.24, 2.45) is 0 Å². The minimum atomic E-state index is 0.494. The van der Waals surface area contributed by atoms with E-state index in [0.29, 0.717) is 24.1 Å². The molecule has 8 heteroatoms. The van der Waals surface area contributed by atoms with Gasteiger partial charge in [0.2, 0.25) is 11.8 Å². The number of aromatic nitrogens is 3. The molecule has 2 heterocycles. The fourth-order valence-corrected chi connectivity index (χ4v) is 3.09. The first-order valence-electron chi connectivity index (χ1n) is 9.16. The largest absolute Gasteiger partial charge is 0.493 e. The summed E-state index contributed by atoms with van der Waals surface area (Å²) in [6.07, 6.45) is 1.77. The Balaban J connectivity index is 1.44. The fraction of sp³-hybridized carbons (Fsp3) is 0.350. The highest BCUT2D eigenvalue weighted by atomic mass is 32.2. The van der Waals surface area contributed by atoms with E-state index in [-0.39, 0.29) is 0 Å². The summed E-state index contributed by atoms with van der Waals surface area (Å²) >= 11 is 1.70. The van der Waals surface area contributed by atoms with Crippen LogP contribution in [0.1, 0.15) is 5.89 Å². The average molecular weight is 400 g/mol. The molecule has 0 aliphatic heterocycles. The van der Waals surface area contributed by atoms with Crippen molar-refractivity contribution in [2.45, 2.75) is 5.75 Å². The van der Waals surface area contributed by atoms with Crippen LogP contribution in [0.15, 0.2) is 53.1 Å². The molecular weight excluding hydrogens is 374 g/mol. The second kappa shape index (κ2) is 10.7. The zero-order chi connectivity index (χ0) is 19.6. The molecule has 0 bridgehead atoms. The zero-order valence-corrected chi connectivity index (χ0v) is 17.0. The normalized spacial score (nSPS) is 10.8. The maximum absolute atomic E-state index is 5.75. The van der Waals surface area contributed by atoms with Crippen LogP contribution in [0.5, 0.6) is 5.75 Å². The van der Waals surface area contributed by atoms with Gasteiger partial charge in [0, 0.05) is 32.1 Å². The molecule has 3 rings (SSSR count). The number of hydrogen-bond acceptors (Lipinski definition) is 8. The number of likely N-dealkylation sites (N-methyl/N-ethyl adjacent to an activating group) is 2. The zero-order valence-electron chi connectivity index (χ0n) is 16.2. The number of nitrogens with zero attached hydrogens (tertiary/aromatic N) is 4. The lowest BCUT2D eigenvalue weighted by atomic mass is 10.3. The molecule has 2 aromatic heterocycles. The van der Waals surface area contributed by atoms with Crippen LogP contribution in [0.2, 0.25) is 0 Å². The summed E-state index contributed by atoms with van der Waals surface area (Å²) < 4.78 is 11.4. The van der Waals surface area contributed by atoms with Crippen molar-refractivity contribution in [3.05, 3.63) is 54.6 Å². The molecule has 1 aromatic carbocycles. The Morgan fingerprint density at radius 3 is 2.75 bits per heavy atom. The highest BCUT2D eigenvalue weighted by molar-refractivity contribution is 7.98. The topological polar surface area (TPSA) is 76.3 Å². The van der Waals surface area contributed by atoms with Crippen LogP contribution in [0.25, 0.3) is 11.5 Å². The molecule has 0 unspecified atom stereocenters. The number of pyridine rings is 1. The third-order valence-electron chi connectivity index (χ3n) is 4.02. The molecule has 3 aromatic rings. The molecule has 0 amide bonds. The fourth-order valence-electron chi connectivity index (χ4n) is 2.46. The second-order valence-corrected chi connectivity index (χ2v) is 7.25. The molecule has 0 saturated heterocycles. The van der Waals surface area contributed by atoms with E-state index >= 15 is 0 Å². The van der Waals surface area contributed by atoms with Crippen molar-refractivity contribution in [3.8, 4) is 17.2 Å². The predicted octanol–water partition coefficient (Wildman–Crippen LogP) is 3.10. The summed E-state index contributed by atoms with van der Waals surface area (Å²) in [6.45, 7) is 2.43. The van der Waals surface area contributed by atoms with Gasteiger partial charge >= 0.3 is 0 Å². The molecule has 0 fully saturated rings. The molecule has 0 atom stereocenters. The van der Waals surface area contributed by atoms with E-state index in [0.717, 1.165) is 36.0 Å². The minimum absolute atomic E-state index is 0.494. The van der Waals surface area contributed by atoms with Gasteiger partial charge < -0.3 is 19.4 Å². The Morgan fingerprint density at radius 2 is 2.00 bits per heavy atom. The van der Waals surface area contributed by atoms with Crippen LogP contribution < -0.4 is 15.0 Å². The maximum Gasteiger partial charge on any atom is 0.249 e. The van der Waals surface area contributed by atoms with Crippen LogP contribution in [0.4, 0.5) is 5.82 Å². The van der Waals surface area contributed by atoms with Crippen LogP contribution >= 0.6 is 11.8 Å². The quantitative estimate of drug-likeness (QED) is 0.493. The molecule has 0 aliphatic carbocycles. The lowest BCUT2D eigenvalue weighted by Crippen LogP contribution is -2.27. The highest BCUT2D eigenvalue weighted by Crippen LogP contribution is 2.21. The first-order chi connectivity index (χ1) is 13.8. The third kappa shape index (κ3) is 5.97.